The summed E-state index contributed by atoms with van der Waals surface area (Å²) in [5, 5.41) is 0. The second-order valence-electron chi connectivity index (χ2n) is 5.15. The molecule has 0 bridgehead atoms. The van der Waals surface area contributed by atoms with Gasteiger partial charge in [0.15, 0.2) is 11.6 Å². The van der Waals surface area contributed by atoms with Crippen LogP contribution in [0.5, 0.6) is 5.75 Å². The van der Waals surface area contributed by atoms with Crippen LogP contribution in [0.2, 0.25) is 0 Å². The van der Waals surface area contributed by atoms with Gasteiger partial charge in [-0.3, -0.25) is 0 Å². The quantitative estimate of drug-likeness (QED) is 0.852. The van der Waals surface area contributed by atoms with Gasteiger partial charge in [-0.1, -0.05) is 19.1 Å². The summed E-state index contributed by atoms with van der Waals surface area (Å²) < 4.78 is 21.5. The highest BCUT2D eigenvalue weighted by Crippen LogP contribution is 2.24. The molecule has 0 aliphatic heterocycles. The summed E-state index contributed by atoms with van der Waals surface area (Å²) in [5.74, 6) is 0.893. The molecule has 1 aromatic carbocycles. The first-order chi connectivity index (χ1) is 10.1. The summed E-state index contributed by atoms with van der Waals surface area (Å²) in [6.45, 7) is 2.41. The average Bonchev–Trinajstić information content (AvgIpc) is 2.87. The molecule has 1 aromatic heterocycles. The van der Waals surface area contributed by atoms with Gasteiger partial charge >= 0.3 is 0 Å². The third kappa shape index (κ3) is 4.04. The van der Waals surface area contributed by atoms with E-state index in [1.54, 1.807) is 12.3 Å². The van der Waals surface area contributed by atoms with Gasteiger partial charge in [-0.05, 0) is 24.5 Å². The van der Waals surface area contributed by atoms with Gasteiger partial charge in [-0.2, -0.15) is 0 Å². The van der Waals surface area contributed by atoms with Crippen LogP contribution in [0.4, 0.5) is 4.39 Å². The molecule has 21 heavy (non-hydrogen) atoms. The lowest BCUT2D eigenvalue weighted by Crippen LogP contribution is -2.22. The standard InChI is InChI=1S/C16H22FN3O/c1-3-13(18)11-12-5-4-6-14(17)16(12)21-10-7-15-19-8-9-20(15)2/h4-6,8-9,13H,3,7,10-11,18H2,1-2H3. The smallest absolute Gasteiger partial charge is 0.165 e. The molecule has 0 saturated heterocycles. The van der Waals surface area contributed by atoms with Crippen LogP contribution in [-0.2, 0) is 19.9 Å². The zero-order chi connectivity index (χ0) is 15.2. The van der Waals surface area contributed by atoms with Crippen LogP contribution in [0.25, 0.3) is 0 Å². The first kappa shape index (κ1) is 15.5. The van der Waals surface area contributed by atoms with Crippen molar-refractivity contribution in [2.24, 2.45) is 12.8 Å². The maximum Gasteiger partial charge on any atom is 0.165 e. The lowest BCUT2D eigenvalue weighted by atomic mass is 10.0. The molecule has 1 heterocycles. The largest absolute Gasteiger partial charge is 0.490 e. The molecule has 0 spiro atoms. The fourth-order valence-corrected chi connectivity index (χ4v) is 2.18. The Balaban J connectivity index is 2.03. The van der Waals surface area contributed by atoms with E-state index in [1.165, 1.54) is 6.07 Å². The van der Waals surface area contributed by atoms with E-state index in [1.807, 2.05) is 30.8 Å². The van der Waals surface area contributed by atoms with E-state index in [4.69, 9.17) is 10.5 Å². The Kier molecular flexibility index (Phi) is 5.33. The van der Waals surface area contributed by atoms with E-state index in [9.17, 15) is 4.39 Å². The number of ether oxygens (including phenoxy) is 1. The van der Waals surface area contributed by atoms with Crippen LogP contribution in [0.15, 0.2) is 30.6 Å². The third-order valence-electron chi connectivity index (χ3n) is 3.55. The number of hydrogen-bond acceptors (Lipinski definition) is 3. The normalized spacial score (nSPS) is 12.4. The number of imidazole rings is 1. The van der Waals surface area contributed by atoms with Crippen molar-refractivity contribution in [2.75, 3.05) is 6.61 Å². The van der Waals surface area contributed by atoms with Crippen molar-refractivity contribution in [2.45, 2.75) is 32.2 Å². The predicted molar refractivity (Wildman–Crippen MR) is 80.8 cm³/mol. The second kappa shape index (κ2) is 7.22. The molecule has 0 aliphatic rings. The predicted octanol–water partition coefficient (Wildman–Crippen LogP) is 2.46. The molecule has 1 unspecified atom stereocenters. The molecule has 0 saturated carbocycles. The van der Waals surface area contributed by atoms with Crippen molar-refractivity contribution in [3.05, 3.63) is 47.8 Å². The minimum absolute atomic E-state index is 0.0173. The fourth-order valence-electron chi connectivity index (χ4n) is 2.18. The highest BCUT2D eigenvalue weighted by atomic mass is 19.1. The molecule has 5 heteroatoms. The van der Waals surface area contributed by atoms with Crippen LogP contribution >= 0.6 is 0 Å². The number of aromatic nitrogens is 2. The van der Waals surface area contributed by atoms with Gasteiger partial charge in [0, 0.05) is 31.9 Å². The van der Waals surface area contributed by atoms with Crippen molar-refractivity contribution < 1.29 is 9.13 Å². The molecule has 0 aliphatic carbocycles. The summed E-state index contributed by atoms with van der Waals surface area (Å²) in [4.78, 5) is 4.22. The Morgan fingerprint density at radius 1 is 1.43 bits per heavy atom. The van der Waals surface area contributed by atoms with E-state index in [2.05, 4.69) is 4.98 Å². The minimum atomic E-state index is -0.337. The van der Waals surface area contributed by atoms with Crippen LogP contribution < -0.4 is 10.5 Å². The van der Waals surface area contributed by atoms with Crippen molar-refractivity contribution in [1.29, 1.82) is 0 Å². The minimum Gasteiger partial charge on any atom is -0.490 e. The molecule has 2 aromatic rings. The van der Waals surface area contributed by atoms with Crippen LogP contribution in [0.3, 0.4) is 0 Å². The molecule has 0 fully saturated rings. The number of halogens is 1. The second-order valence-corrected chi connectivity index (χ2v) is 5.15. The van der Waals surface area contributed by atoms with Crippen LogP contribution in [-0.4, -0.2) is 22.2 Å². The van der Waals surface area contributed by atoms with Gasteiger partial charge in [0.1, 0.15) is 5.82 Å². The third-order valence-corrected chi connectivity index (χ3v) is 3.55. The van der Waals surface area contributed by atoms with Crippen LogP contribution in [0.1, 0.15) is 24.7 Å². The molecule has 2 N–H and O–H groups in total. The Labute approximate surface area is 124 Å². The van der Waals surface area contributed by atoms with Gasteiger partial charge in [0.2, 0.25) is 0 Å². The van der Waals surface area contributed by atoms with Gasteiger partial charge in [-0.15, -0.1) is 0 Å². The molecule has 4 nitrogen and oxygen atoms in total. The molecule has 114 valence electrons. The van der Waals surface area contributed by atoms with Crippen molar-refractivity contribution in [1.82, 2.24) is 9.55 Å². The van der Waals surface area contributed by atoms with E-state index < -0.39 is 0 Å². The van der Waals surface area contributed by atoms with Gasteiger partial charge in [-0.25, -0.2) is 9.37 Å². The molecule has 1 atom stereocenters. The lowest BCUT2D eigenvalue weighted by Gasteiger charge is -2.15. The van der Waals surface area contributed by atoms with Crippen molar-refractivity contribution in [3.8, 4) is 5.75 Å². The highest BCUT2D eigenvalue weighted by molar-refractivity contribution is 5.35. The molecule has 0 amide bonds. The summed E-state index contributed by atoms with van der Waals surface area (Å²) in [5.41, 5.74) is 6.78. The Morgan fingerprint density at radius 2 is 2.24 bits per heavy atom. The number of nitrogens with zero attached hydrogens (tertiary/aromatic N) is 2. The van der Waals surface area contributed by atoms with Crippen LogP contribution in [0, 0.1) is 5.82 Å². The topological polar surface area (TPSA) is 53.1 Å². The fraction of sp³-hybridized carbons (Fsp3) is 0.438. The average molecular weight is 291 g/mol. The SMILES string of the molecule is CCC(N)Cc1cccc(F)c1OCCc1nccn1C. The Morgan fingerprint density at radius 3 is 2.90 bits per heavy atom. The molecule has 0 radical (unpaired) electrons. The number of para-hydroxylation sites is 1. The van der Waals surface area contributed by atoms with Gasteiger partial charge in [0.05, 0.1) is 6.61 Å². The highest BCUT2D eigenvalue weighted by Gasteiger charge is 2.12. The first-order valence-corrected chi connectivity index (χ1v) is 7.23. The monoisotopic (exact) mass is 291 g/mol. The Hall–Kier alpha value is -1.88. The number of aryl methyl sites for hydroxylation is 1. The van der Waals surface area contributed by atoms with Gasteiger partial charge in [0.25, 0.3) is 0 Å². The summed E-state index contributed by atoms with van der Waals surface area (Å²) >= 11 is 0. The maximum atomic E-state index is 14.0. The van der Waals surface area contributed by atoms with E-state index in [0.717, 1.165) is 17.8 Å². The zero-order valence-corrected chi connectivity index (χ0v) is 12.6. The van der Waals surface area contributed by atoms with Crippen molar-refractivity contribution in [3.63, 3.8) is 0 Å². The first-order valence-electron chi connectivity index (χ1n) is 7.23. The summed E-state index contributed by atoms with van der Waals surface area (Å²) in [7, 11) is 1.93. The van der Waals surface area contributed by atoms with E-state index in [-0.39, 0.29) is 11.9 Å². The summed E-state index contributed by atoms with van der Waals surface area (Å²) in [6, 6.07) is 4.99. The number of rotatable bonds is 7. The number of benzene rings is 1. The van der Waals surface area contributed by atoms with E-state index in [0.29, 0.717) is 25.2 Å². The molecule has 2 rings (SSSR count). The van der Waals surface area contributed by atoms with E-state index >= 15 is 0 Å². The number of nitrogens with two attached hydrogens (primary N) is 1. The molecular weight excluding hydrogens is 269 g/mol. The maximum absolute atomic E-state index is 14.0. The molecular formula is C16H22FN3O. The zero-order valence-electron chi connectivity index (χ0n) is 12.6. The Bertz CT molecular complexity index is 583. The van der Waals surface area contributed by atoms with Crippen molar-refractivity contribution >= 4 is 0 Å². The van der Waals surface area contributed by atoms with Gasteiger partial charge < -0.3 is 15.0 Å². The summed E-state index contributed by atoms with van der Waals surface area (Å²) in [6.07, 6.45) is 5.72. The lowest BCUT2D eigenvalue weighted by molar-refractivity contribution is 0.297. The number of hydrogen-bond donors (Lipinski definition) is 1.